The third-order valence-electron chi connectivity index (χ3n) is 2.03. The highest BCUT2D eigenvalue weighted by Crippen LogP contribution is 2.14. The van der Waals surface area contributed by atoms with E-state index in [4.69, 9.17) is 0 Å². The minimum atomic E-state index is 0.882. The number of rotatable bonds is 2. The van der Waals surface area contributed by atoms with Crippen molar-refractivity contribution in [3.63, 3.8) is 0 Å². The van der Waals surface area contributed by atoms with E-state index in [-0.39, 0.29) is 0 Å². The van der Waals surface area contributed by atoms with Crippen LogP contribution in [0.4, 0.5) is 0 Å². The van der Waals surface area contributed by atoms with Crippen molar-refractivity contribution in [1.29, 1.82) is 0 Å². The van der Waals surface area contributed by atoms with Crippen LogP contribution in [0, 0.1) is 0 Å². The Morgan fingerprint density at radius 1 is 1.29 bits per heavy atom. The van der Waals surface area contributed by atoms with Crippen LogP contribution in [0.3, 0.4) is 0 Å². The SMILES string of the molecule is BrCC=Cc1ccc2cccnc2c1. The van der Waals surface area contributed by atoms with Crippen LogP contribution < -0.4 is 0 Å². The molecule has 2 heteroatoms. The van der Waals surface area contributed by atoms with Gasteiger partial charge < -0.3 is 0 Å². The largest absolute Gasteiger partial charge is 0.256 e. The molecular formula is C12H10BrN. The molecule has 1 heterocycles. The molecule has 0 atom stereocenters. The molecule has 0 saturated carbocycles. The maximum atomic E-state index is 4.30. The van der Waals surface area contributed by atoms with Gasteiger partial charge in [-0.15, -0.1) is 0 Å². The lowest BCUT2D eigenvalue weighted by Gasteiger charge is -1.97. The number of hydrogen-bond donors (Lipinski definition) is 0. The molecule has 0 fully saturated rings. The molecule has 2 aromatic rings. The number of hydrogen-bond acceptors (Lipinski definition) is 1. The lowest BCUT2D eigenvalue weighted by Crippen LogP contribution is -1.78. The molecular weight excluding hydrogens is 238 g/mol. The first-order chi connectivity index (χ1) is 6.90. The average Bonchev–Trinajstić information content (AvgIpc) is 2.26. The van der Waals surface area contributed by atoms with Crippen molar-refractivity contribution in [2.24, 2.45) is 0 Å². The number of nitrogens with zero attached hydrogens (tertiary/aromatic N) is 1. The number of fused-ring (bicyclic) bond motifs is 1. The first kappa shape index (κ1) is 9.41. The van der Waals surface area contributed by atoms with Crippen LogP contribution in [0.15, 0.2) is 42.6 Å². The summed E-state index contributed by atoms with van der Waals surface area (Å²) in [6.07, 6.45) is 5.98. The summed E-state index contributed by atoms with van der Waals surface area (Å²) in [7, 11) is 0. The van der Waals surface area contributed by atoms with Gasteiger partial charge >= 0.3 is 0 Å². The molecule has 14 heavy (non-hydrogen) atoms. The maximum absolute atomic E-state index is 4.30. The highest BCUT2D eigenvalue weighted by Gasteiger charge is 1.93. The van der Waals surface area contributed by atoms with E-state index in [2.05, 4.69) is 57.3 Å². The van der Waals surface area contributed by atoms with Gasteiger partial charge in [-0.05, 0) is 17.7 Å². The Bertz CT molecular complexity index is 463. The van der Waals surface area contributed by atoms with Gasteiger partial charge in [-0.2, -0.15) is 0 Å². The minimum absolute atomic E-state index is 0.882. The standard InChI is InChI=1S/C12H10BrN/c13-7-1-3-10-5-6-11-4-2-8-14-12(11)9-10/h1-6,8-9H,7H2. The molecule has 0 aliphatic rings. The third kappa shape index (κ3) is 2.02. The van der Waals surface area contributed by atoms with Crippen LogP contribution in [0.2, 0.25) is 0 Å². The topological polar surface area (TPSA) is 12.9 Å². The fourth-order valence-corrected chi connectivity index (χ4v) is 1.55. The zero-order valence-corrected chi connectivity index (χ0v) is 9.24. The molecule has 0 aliphatic carbocycles. The summed E-state index contributed by atoms with van der Waals surface area (Å²) >= 11 is 3.35. The van der Waals surface area contributed by atoms with Gasteiger partial charge in [-0.1, -0.05) is 46.3 Å². The Balaban J connectivity index is 2.46. The molecule has 0 spiro atoms. The van der Waals surface area contributed by atoms with E-state index >= 15 is 0 Å². The van der Waals surface area contributed by atoms with Gasteiger partial charge in [0.05, 0.1) is 5.52 Å². The number of halogens is 1. The van der Waals surface area contributed by atoms with E-state index in [1.165, 1.54) is 10.9 Å². The van der Waals surface area contributed by atoms with E-state index in [0.29, 0.717) is 0 Å². The fraction of sp³-hybridized carbons (Fsp3) is 0.0833. The summed E-state index contributed by atoms with van der Waals surface area (Å²) in [6.45, 7) is 0. The predicted molar refractivity (Wildman–Crippen MR) is 64.6 cm³/mol. The lowest BCUT2D eigenvalue weighted by atomic mass is 10.1. The van der Waals surface area contributed by atoms with Crippen molar-refractivity contribution in [3.05, 3.63) is 48.2 Å². The maximum Gasteiger partial charge on any atom is 0.0707 e. The van der Waals surface area contributed by atoms with Crippen LogP contribution in [0.5, 0.6) is 0 Å². The number of alkyl halides is 1. The Labute approximate surface area is 91.6 Å². The Kier molecular flexibility index (Phi) is 2.94. The van der Waals surface area contributed by atoms with Crippen molar-refractivity contribution in [1.82, 2.24) is 4.98 Å². The van der Waals surface area contributed by atoms with Crippen molar-refractivity contribution in [2.75, 3.05) is 5.33 Å². The third-order valence-corrected chi connectivity index (χ3v) is 2.40. The molecule has 2 rings (SSSR count). The number of allylic oxidation sites excluding steroid dienone is 1. The molecule has 0 radical (unpaired) electrons. The average molecular weight is 248 g/mol. The highest BCUT2D eigenvalue weighted by atomic mass is 79.9. The number of aromatic nitrogens is 1. The zero-order valence-electron chi connectivity index (χ0n) is 7.65. The first-order valence-corrected chi connectivity index (χ1v) is 5.59. The van der Waals surface area contributed by atoms with Crippen LogP contribution in [-0.2, 0) is 0 Å². The molecule has 0 amide bonds. The van der Waals surface area contributed by atoms with Crippen molar-refractivity contribution in [3.8, 4) is 0 Å². The molecule has 1 nitrogen and oxygen atoms in total. The molecule has 1 aromatic carbocycles. The highest BCUT2D eigenvalue weighted by molar-refractivity contribution is 9.09. The predicted octanol–water partition coefficient (Wildman–Crippen LogP) is 3.64. The van der Waals surface area contributed by atoms with E-state index < -0.39 is 0 Å². The zero-order chi connectivity index (χ0) is 9.80. The Hall–Kier alpha value is -1.15. The summed E-state index contributed by atoms with van der Waals surface area (Å²) in [5, 5.41) is 2.07. The summed E-state index contributed by atoms with van der Waals surface area (Å²) in [6, 6.07) is 10.3. The molecule has 0 bridgehead atoms. The summed E-state index contributed by atoms with van der Waals surface area (Å²) in [4.78, 5) is 4.30. The molecule has 70 valence electrons. The van der Waals surface area contributed by atoms with Gasteiger partial charge in [0.15, 0.2) is 0 Å². The number of pyridine rings is 1. The van der Waals surface area contributed by atoms with Crippen LogP contribution in [0.25, 0.3) is 17.0 Å². The van der Waals surface area contributed by atoms with Gasteiger partial charge in [-0.25, -0.2) is 0 Å². The monoisotopic (exact) mass is 247 g/mol. The quantitative estimate of drug-likeness (QED) is 0.739. The van der Waals surface area contributed by atoms with Gasteiger partial charge in [-0.3, -0.25) is 4.98 Å². The van der Waals surface area contributed by atoms with E-state index in [1.54, 1.807) is 0 Å². The fourth-order valence-electron chi connectivity index (χ4n) is 1.37. The smallest absolute Gasteiger partial charge is 0.0707 e. The number of benzene rings is 1. The van der Waals surface area contributed by atoms with Crippen molar-refractivity contribution in [2.45, 2.75) is 0 Å². The lowest BCUT2D eigenvalue weighted by molar-refractivity contribution is 1.41. The first-order valence-electron chi connectivity index (χ1n) is 4.47. The van der Waals surface area contributed by atoms with Crippen molar-refractivity contribution < 1.29 is 0 Å². The second-order valence-corrected chi connectivity index (χ2v) is 3.66. The van der Waals surface area contributed by atoms with Gasteiger partial charge in [0.2, 0.25) is 0 Å². The van der Waals surface area contributed by atoms with E-state index in [9.17, 15) is 0 Å². The van der Waals surface area contributed by atoms with Crippen LogP contribution in [0.1, 0.15) is 5.56 Å². The minimum Gasteiger partial charge on any atom is -0.256 e. The summed E-state index contributed by atoms with van der Waals surface area (Å²) in [5.74, 6) is 0. The van der Waals surface area contributed by atoms with Gasteiger partial charge in [0.25, 0.3) is 0 Å². The Morgan fingerprint density at radius 2 is 2.21 bits per heavy atom. The summed E-state index contributed by atoms with van der Waals surface area (Å²) < 4.78 is 0. The molecule has 0 saturated heterocycles. The van der Waals surface area contributed by atoms with Crippen LogP contribution in [-0.4, -0.2) is 10.3 Å². The van der Waals surface area contributed by atoms with Crippen molar-refractivity contribution >= 4 is 32.9 Å². The van der Waals surface area contributed by atoms with E-state index in [0.717, 1.165) is 10.8 Å². The van der Waals surface area contributed by atoms with Crippen LogP contribution >= 0.6 is 15.9 Å². The molecule has 0 aliphatic heterocycles. The Morgan fingerprint density at radius 3 is 3.07 bits per heavy atom. The molecule has 1 aromatic heterocycles. The normalized spacial score (nSPS) is 11.2. The second kappa shape index (κ2) is 4.38. The van der Waals surface area contributed by atoms with Gasteiger partial charge in [0.1, 0.15) is 0 Å². The molecule has 0 unspecified atom stereocenters. The van der Waals surface area contributed by atoms with E-state index in [1.807, 2.05) is 12.3 Å². The second-order valence-electron chi connectivity index (χ2n) is 3.01. The summed E-state index contributed by atoms with van der Waals surface area (Å²) in [5.41, 5.74) is 2.24. The van der Waals surface area contributed by atoms with Gasteiger partial charge in [0, 0.05) is 16.9 Å². The molecule has 0 N–H and O–H groups in total.